The molecule has 1 atom stereocenters. The van der Waals surface area contributed by atoms with E-state index in [2.05, 4.69) is 20.6 Å². The third-order valence-corrected chi connectivity index (χ3v) is 4.59. The van der Waals surface area contributed by atoms with Crippen molar-refractivity contribution in [2.24, 2.45) is 5.92 Å². The first-order valence-corrected chi connectivity index (χ1v) is 8.46. The highest BCUT2D eigenvalue weighted by atomic mass is 32.1. The fourth-order valence-electron chi connectivity index (χ4n) is 2.74. The van der Waals surface area contributed by atoms with Crippen molar-refractivity contribution < 1.29 is 9.53 Å². The zero-order valence-electron chi connectivity index (χ0n) is 13.0. The lowest BCUT2D eigenvalue weighted by molar-refractivity contribution is 0.168. The van der Waals surface area contributed by atoms with E-state index in [1.807, 2.05) is 21.2 Å². The van der Waals surface area contributed by atoms with Crippen molar-refractivity contribution in [1.82, 2.24) is 24.9 Å². The first-order valence-electron chi connectivity index (χ1n) is 7.58. The van der Waals surface area contributed by atoms with Crippen LogP contribution in [0, 0.1) is 5.92 Å². The Labute approximate surface area is 138 Å². The predicted molar refractivity (Wildman–Crippen MR) is 86.2 cm³/mol. The normalized spacial score (nSPS) is 18.1. The van der Waals surface area contributed by atoms with Crippen molar-refractivity contribution in [2.75, 3.05) is 25.5 Å². The van der Waals surface area contributed by atoms with Crippen molar-refractivity contribution in [3.05, 3.63) is 23.5 Å². The highest BCUT2D eigenvalue weighted by Crippen LogP contribution is 2.20. The lowest BCUT2D eigenvalue weighted by Crippen LogP contribution is -2.43. The van der Waals surface area contributed by atoms with Crippen LogP contribution in [0.5, 0.6) is 0 Å². The van der Waals surface area contributed by atoms with E-state index in [1.54, 1.807) is 13.3 Å². The molecular formula is C14H20N6O2S. The second-order valence-corrected chi connectivity index (χ2v) is 6.44. The molecule has 0 spiro atoms. The summed E-state index contributed by atoms with van der Waals surface area (Å²) in [6, 6.07) is -0.0911. The molecule has 0 saturated carbocycles. The second-order valence-electron chi connectivity index (χ2n) is 5.59. The minimum absolute atomic E-state index is 0.0911. The number of aromatic nitrogens is 4. The van der Waals surface area contributed by atoms with Crippen LogP contribution in [0.15, 0.2) is 17.8 Å². The summed E-state index contributed by atoms with van der Waals surface area (Å²) in [4.78, 5) is 18.6. The van der Waals surface area contributed by atoms with Crippen LogP contribution in [0.2, 0.25) is 0 Å². The summed E-state index contributed by atoms with van der Waals surface area (Å²) < 4.78 is 6.86. The molecule has 9 heteroatoms. The summed E-state index contributed by atoms with van der Waals surface area (Å²) in [7, 11) is 1.63. The number of piperidine rings is 1. The molecule has 0 aromatic carbocycles. The monoisotopic (exact) mass is 336 g/mol. The molecule has 1 aliphatic rings. The third-order valence-electron chi connectivity index (χ3n) is 3.78. The van der Waals surface area contributed by atoms with Gasteiger partial charge in [0.15, 0.2) is 5.13 Å². The topological polar surface area (TPSA) is 85.2 Å². The van der Waals surface area contributed by atoms with E-state index >= 15 is 0 Å². The number of rotatable bonds is 5. The van der Waals surface area contributed by atoms with Crippen LogP contribution < -0.4 is 5.32 Å². The number of nitrogens with zero attached hydrogens (tertiary/aromatic N) is 5. The van der Waals surface area contributed by atoms with Gasteiger partial charge < -0.3 is 9.64 Å². The lowest BCUT2D eigenvalue weighted by atomic mass is 9.98. The van der Waals surface area contributed by atoms with Crippen LogP contribution in [0.4, 0.5) is 9.93 Å². The van der Waals surface area contributed by atoms with Crippen LogP contribution in [-0.4, -0.2) is 51.1 Å². The van der Waals surface area contributed by atoms with Crippen molar-refractivity contribution in [2.45, 2.75) is 26.0 Å². The smallest absolute Gasteiger partial charge is 0.323 e. The van der Waals surface area contributed by atoms with Gasteiger partial charge in [-0.15, -0.1) is 16.4 Å². The summed E-state index contributed by atoms with van der Waals surface area (Å²) >= 11 is 1.41. The van der Waals surface area contributed by atoms with Gasteiger partial charge in [0.2, 0.25) is 0 Å². The first kappa shape index (κ1) is 15.9. The van der Waals surface area contributed by atoms with Gasteiger partial charge in [-0.2, -0.15) is 0 Å². The summed E-state index contributed by atoms with van der Waals surface area (Å²) in [6.07, 6.45) is 5.62. The number of thiazole rings is 1. The van der Waals surface area contributed by atoms with Crippen LogP contribution in [0.25, 0.3) is 0 Å². The molecule has 1 aliphatic heterocycles. The van der Waals surface area contributed by atoms with E-state index in [-0.39, 0.29) is 6.03 Å². The van der Waals surface area contributed by atoms with E-state index in [4.69, 9.17) is 4.74 Å². The van der Waals surface area contributed by atoms with Crippen LogP contribution in [0.1, 0.15) is 18.5 Å². The van der Waals surface area contributed by atoms with E-state index in [1.165, 1.54) is 11.3 Å². The maximum atomic E-state index is 12.4. The first-order chi connectivity index (χ1) is 11.2. The molecule has 2 amide bonds. The van der Waals surface area contributed by atoms with Crippen LogP contribution in [0.3, 0.4) is 0 Å². The Morgan fingerprint density at radius 3 is 3.26 bits per heavy atom. The fourth-order valence-corrected chi connectivity index (χ4v) is 3.43. The van der Waals surface area contributed by atoms with Gasteiger partial charge >= 0.3 is 6.03 Å². The number of hydrogen-bond donors (Lipinski definition) is 1. The molecule has 0 radical (unpaired) electrons. The Kier molecular flexibility index (Phi) is 5.19. The summed E-state index contributed by atoms with van der Waals surface area (Å²) in [5.41, 5.74) is 0.829. The molecule has 1 fully saturated rings. The van der Waals surface area contributed by atoms with Crippen molar-refractivity contribution >= 4 is 22.5 Å². The molecule has 0 bridgehead atoms. The van der Waals surface area contributed by atoms with Gasteiger partial charge in [-0.05, 0) is 18.8 Å². The van der Waals surface area contributed by atoms with Crippen molar-refractivity contribution in [3.63, 3.8) is 0 Å². The molecule has 3 heterocycles. The molecule has 2 aromatic rings. The SMILES string of the molecule is COCc1csc(NC(=O)N2CCC[C@H](Cn3ccnn3)C2)n1. The molecule has 124 valence electrons. The number of methoxy groups -OCH3 is 1. The predicted octanol–water partition coefficient (Wildman–Crippen LogP) is 1.83. The van der Waals surface area contributed by atoms with E-state index in [9.17, 15) is 4.79 Å². The summed E-state index contributed by atoms with van der Waals surface area (Å²) in [6.45, 7) is 2.74. The Morgan fingerprint density at radius 1 is 1.57 bits per heavy atom. The number of urea groups is 1. The van der Waals surface area contributed by atoms with Gasteiger partial charge in [0.1, 0.15) is 0 Å². The molecular weight excluding hydrogens is 316 g/mol. The highest BCUT2D eigenvalue weighted by Gasteiger charge is 2.24. The Morgan fingerprint density at radius 2 is 2.48 bits per heavy atom. The van der Waals surface area contributed by atoms with Gasteiger partial charge in [-0.3, -0.25) is 10.00 Å². The Hall–Kier alpha value is -2.00. The molecule has 2 aromatic heterocycles. The number of nitrogens with one attached hydrogen (secondary N) is 1. The molecule has 23 heavy (non-hydrogen) atoms. The Balaban J connectivity index is 1.53. The minimum atomic E-state index is -0.0911. The average Bonchev–Trinajstić information content (AvgIpc) is 3.20. The van der Waals surface area contributed by atoms with E-state index < -0.39 is 0 Å². The molecule has 0 aliphatic carbocycles. The largest absolute Gasteiger partial charge is 0.378 e. The quantitative estimate of drug-likeness (QED) is 0.900. The second kappa shape index (κ2) is 7.51. The fraction of sp³-hybridized carbons (Fsp3) is 0.571. The number of ether oxygens (including phenoxy) is 1. The van der Waals surface area contributed by atoms with E-state index in [0.717, 1.165) is 38.2 Å². The summed E-state index contributed by atoms with van der Waals surface area (Å²) in [5, 5.41) is 13.2. The zero-order valence-corrected chi connectivity index (χ0v) is 13.8. The number of likely N-dealkylation sites (tertiary alicyclic amines) is 1. The maximum absolute atomic E-state index is 12.4. The van der Waals surface area contributed by atoms with Crippen molar-refractivity contribution in [1.29, 1.82) is 0 Å². The van der Waals surface area contributed by atoms with Crippen LogP contribution >= 0.6 is 11.3 Å². The highest BCUT2D eigenvalue weighted by molar-refractivity contribution is 7.13. The van der Waals surface area contributed by atoms with Crippen LogP contribution in [-0.2, 0) is 17.9 Å². The Bertz CT molecular complexity index is 629. The number of hydrogen-bond acceptors (Lipinski definition) is 6. The standard InChI is InChI=1S/C14H20N6O2S/c1-22-9-12-10-23-13(16-12)17-14(21)19-5-2-3-11(7-19)8-20-6-4-15-18-20/h4,6,10-11H,2-3,5,7-9H2,1H3,(H,16,17,21)/t11-/m0/s1. The molecule has 0 unspecified atom stereocenters. The van der Waals surface area contributed by atoms with Gasteiger partial charge in [0.25, 0.3) is 0 Å². The molecule has 3 rings (SSSR count). The summed E-state index contributed by atoms with van der Waals surface area (Å²) in [5.74, 6) is 0.400. The molecule has 1 N–H and O–H groups in total. The van der Waals surface area contributed by atoms with E-state index in [0.29, 0.717) is 17.7 Å². The zero-order chi connectivity index (χ0) is 16.1. The molecule has 8 nitrogen and oxygen atoms in total. The maximum Gasteiger partial charge on any atom is 0.323 e. The van der Waals surface area contributed by atoms with Crippen molar-refractivity contribution in [3.8, 4) is 0 Å². The number of anilines is 1. The number of amides is 2. The number of carbonyl (C=O) groups excluding carboxylic acids is 1. The lowest BCUT2D eigenvalue weighted by Gasteiger charge is -2.32. The average molecular weight is 336 g/mol. The van der Waals surface area contributed by atoms with Gasteiger partial charge in [-0.1, -0.05) is 5.21 Å². The number of carbonyl (C=O) groups is 1. The third kappa shape index (κ3) is 4.26. The van der Waals surface area contributed by atoms with Gasteiger partial charge in [0.05, 0.1) is 18.5 Å². The van der Waals surface area contributed by atoms with Gasteiger partial charge in [0, 0.05) is 38.3 Å². The minimum Gasteiger partial charge on any atom is -0.378 e. The molecule has 1 saturated heterocycles. The van der Waals surface area contributed by atoms with Gasteiger partial charge in [-0.25, -0.2) is 9.78 Å².